The van der Waals surface area contributed by atoms with Crippen molar-refractivity contribution in [3.63, 3.8) is 0 Å². The second-order valence-electron chi connectivity index (χ2n) is 8.93. The number of carbonyl (C=O) groups excluding carboxylic acids is 1. The molecule has 0 amide bonds. The maximum absolute atomic E-state index is 13.3. The Bertz CT molecular complexity index is 1190. The lowest BCUT2D eigenvalue weighted by Gasteiger charge is -2.40. The summed E-state index contributed by atoms with van der Waals surface area (Å²) in [6.45, 7) is 0. The third-order valence-corrected chi connectivity index (χ3v) is 7.02. The predicted octanol–water partition coefficient (Wildman–Crippen LogP) is 5.29. The molecule has 0 radical (unpaired) electrons. The van der Waals surface area contributed by atoms with Crippen LogP contribution in [-0.4, -0.2) is 29.1 Å². The third kappa shape index (κ3) is 4.33. The number of nitrogens with zero attached hydrogens (tertiary/aromatic N) is 2. The van der Waals surface area contributed by atoms with Gasteiger partial charge in [-0.05, 0) is 55.5 Å². The van der Waals surface area contributed by atoms with Crippen LogP contribution in [-0.2, 0) is 11.8 Å². The quantitative estimate of drug-likeness (QED) is 0.511. The number of hydrogen-bond acceptors (Lipinski definition) is 5. The number of imidazole rings is 1. The first-order valence-electron chi connectivity index (χ1n) is 11.4. The Hall–Kier alpha value is -3.67. The number of ketones is 1. The van der Waals surface area contributed by atoms with Crippen LogP contribution in [0.1, 0.15) is 52.9 Å². The summed E-state index contributed by atoms with van der Waals surface area (Å²) in [5, 5.41) is 3.29. The molecule has 2 aromatic carbocycles. The number of hydrogen-bond donors (Lipinski definition) is 2. The van der Waals surface area contributed by atoms with E-state index in [2.05, 4.69) is 38.5 Å². The maximum atomic E-state index is 13.3. The van der Waals surface area contributed by atoms with Gasteiger partial charge >= 0.3 is 0 Å². The van der Waals surface area contributed by atoms with Crippen molar-refractivity contribution in [3.8, 4) is 5.75 Å². The smallest absolute Gasteiger partial charge is 0.166 e. The van der Waals surface area contributed by atoms with Crippen LogP contribution in [0.15, 0.2) is 72.4 Å². The average molecular weight is 441 g/mol. The fourth-order valence-corrected chi connectivity index (χ4v) is 5.17. The molecule has 0 unspecified atom stereocenters. The van der Waals surface area contributed by atoms with Gasteiger partial charge in [0, 0.05) is 59.4 Å². The van der Waals surface area contributed by atoms with Crippen molar-refractivity contribution in [1.82, 2.24) is 9.97 Å². The van der Waals surface area contributed by atoms with Gasteiger partial charge in [0.15, 0.2) is 5.78 Å². The monoisotopic (exact) mass is 440 g/mol. The molecule has 1 saturated carbocycles. The summed E-state index contributed by atoms with van der Waals surface area (Å²) >= 11 is 0. The van der Waals surface area contributed by atoms with Gasteiger partial charge in [0.1, 0.15) is 5.75 Å². The molecule has 0 spiro atoms. The fraction of sp³-hybridized carbons (Fsp3) is 0.296. The number of nitrogens with one attached hydrogen (secondary N) is 2. The van der Waals surface area contributed by atoms with Crippen molar-refractivity contribution >= 4 is 17.7 Å². The van der Waals surface area contributed by atoms with E-state index in [0.717, 1.165) is 60.4 Å². The van der Waals surface area contributed by atoms with Crippen LogP contribution in [0.5, 0.6) is 5.75 Å². The van der Waals surface area contributed by atoms with E-state index in [0.29, 0.717) is 0 Å². The summed E-state index contributed by atoms with van der Waals surface area (Å²) in [6, 6.07) is 14.1. The molecular weight excluding hydrogens is 412 g/mol. The summed E-state index contributed by atoms with van der Waals surface area (Å²) in [5.41, 5.74) is 5.13. The molecule has 2 heterocycles. The van der Waals surface area contributed by atoms with Gasteiger partial charge in [-0.25, -0.2) is 4.98 Å². The Balaban J connectivity index is 1.42. The number of fused-ring (bicyclic) bond motifs is 1. The van der Waals surface area contributed by atoms with E-state index in [9.17, 15) is 4.79 Å². The molecular formula is C27H28N4O2. The average Bonchev–Trinajstić information content (AvgIpc) is 3.25. The summed E-state index contributed by atoms with van der Waals surface area (Å²) < 4.78 is 5.31. The Kier molecular flexibility index (Phi) is 5.82. The highest BCUT2D eigenvalue weighted by Crippen LogP contribution is 2.45. The first-order valence-corrected chi connectivity index (χ1v) is 11.4. The van der Waals surface area contributed by atoms with E-state index >= 15 is 0 Å². The van der Waals surface area contributed by atoms with Crippen LogP contribution < -0.4 is 10.1 Å². The largest absolute Gasteiger partial charge is 0.497 e. The molecule has 6 heteroatoms. The van der Waals surface area contributed by atoms with E-state index < -0.39 is 0 Å². The zero-order valence-corrected chi connectivity index (χ0v) is 18.8. The molecule has 0 atom stereocenters. The molecule has 3 aromatic rings. The highest BCUT2D eigenvalue weighted by Gasteiger charge is 2.39. The summed E-state index contributed by atoms with van der Waals surface area (Å²) in [7, 11) is 1.63. The number of anilines is 1. The van der Waals surface area contributed by atoms with Crippen LogP contribution in [0.3, 0.4) is 0 Å². The van der Waals surface area contributed by atoms with Gasteiger partial charge in [0.25, 0.3) is 0 Å². The van der Waals surface area contributed by atoms with Crippen LogP contribution in [0, 0.1) is 5.92 Å². The second kappa shape index (κ2) is 9.06. The van der Waals surface area contributed by atoms with Gasteiger partial charge in [0.2, 0.25) is 0 Å². The number of methoxy groups -OCH3 is 1. The maximum Gasteiger partial charge on any atom is 0.166 e. The van der Waals surface area contributed by atoms with Crippen LogP contribution in [0.25, 0.3) is 0 Å². The molecule has 6 nitrogen and oxygen atoms in total. The summed E-state index contributed by atoms with van der Waals surface area (Å²) in [5.74, 6) is 0.962. The molecule has 168 valence electrons. The van der Waals surface area contributed by atoms with E-state index in [4.69, 9.17) is 4.74 Å². The standard InChI is InChI=1S/C27H28N4O2/c1-33-24-4-2-3-20(14-24)26(32)19-7-9-27(10-8-19,15-23-17-29-18-31-23)22-5-6-25-21(13-22)16-28-11-12-30-25/h2-6,11-14,16-19,30H,7-10,15H2,1H3,(H,29,31). The van der Waals surface area contributed by atoms with Crippen LogP contribution >= 0.6 is 0 Å². The molecule has 1 fully saturated rings. The van der Waals surface area contributed by atoms with Gasteiger partial charge in [-0.3, -0.25) is 9.79 Å². The van der Waals surface area contributed by atoms with Crippen molar-refractivity contribution in [2.24, 2.45) is 10.9 Å². The lowest BCUT2D eigenvalue weighted by Crippen LogP contribution is -2.36. The lowest BCUT2D eigenvalue weighted by atomic mass is 9.63. The van der Waals surface area contributed by atoms with Gasteiger partial charge in [-0.2, -0.15) is 0 Å². The van der Waals surface area contributed by atoms with Crippen molar-refractivity contribution in [2.45, 2.75) is 37.5 Å². The Morgan fingerprint density at radius 3 is 2.85 bits per heavy atom. The zero-order chi connectivity index (χ0) is 22.7. The number of aliphatic imine (C=N–C) groups is 1. The number of rotatable bonds is 6. The highest BCUT2D eigenvalue weighted by molar-refractivity contribution is 5.98. The topological polar surface area (TPSA) is 79.4 Å². The van der Waals surface area contributed by atoms with Gasteiger partial charge in [0.05, 0.1) is 19.1 Å². The normalized spacial score (nSPS) is 21.7. The molecule has 0 saturated heterocycles. The Morgan fingerprint density at radius 2 is 2.06 bits per heavy atom. The minimum Gasteiger partial charge on any atom is -0.497 e. The Morgan fingerprint density at radius 1 is 1.18 bits per heavy atom. The molecule has 1 aliphatic heterocycles. The van der Waals surface area contributed by atoms with Crippen LogP contribution in [0.2, 0.25) is 0 Å². The summed E-state index contributed by atoms with van der Waals surface area (Å²) in [4.78, 5) is 25.2. The van der Waals surface area contributed by atoms with Crippen LogP contribution in [0.4, 0.5) is 5.69 Å². The molecule has 5 rings (SSSR count). The Labute approximate surface area is 193 Å². The zero-order valence-electron chi connectivity index (χ0n) is 18.8. The predicted molar refractivity (Wildman–Crippen MR) is 130 cm³/mol. The number of ether oxygens (including phenoxy) is 1. The number of H-pyrrole nitrogens is 1. The minimum absolute atomic E-state index is 0.0256. The molecule has 0 bridgehead atoms. The number of aromatic amines is 1. The van der Waals surface area contributed by atoms with E-state index in [1.807, 2.05) is 42.9 Å². The van der Waals surface area contributed by atoms with Crippen molar-refractivity contribution in [1.29, 1.82) is 0 Å². The lowest BCUT2D eigenvalue weighted by molar-refractivity contribution is 0.0857. The summed E-state index contributed by atoms with van der Waals surface area (Å²) in [6.07, 6.45) is 13.6. The first kappa shape index (κ1) is 21.2. The second-order valence-corrected chi connectivity index (χ2v) is 8.93. The number of aromatic nitrogens is 2. The molecule has 1 aromatic heterocycles. The minimum atomic E-state index is -0.0665. The highest BCUT2D eigenvalue weighted by atomic mass is 16.5. The number of benzene rings is 2. The molecule has 33 heavy (non-hydrogen) atoms. The van der Waals surface area contributed by atoms with Crippen molar-refractivity contribution in [3.05, 3.63) is 89.8 Å². The van der Waals surface area contributed by atoms with E-state index in [1.165, 1.54) is 5.56 Å². The molecule has 2 N–H and O–H groups in total. The molecule has 2 aliphatic rings. The third-order valence-electron chi connectivity index (χ3n) is 7.02. The van der Waals surface area contributed by atoms with Gasteiger partial charge < -0.3 is 15.0 Å². The van der Waals surface area contributed by atoms with Crippen molar-refractivity contribution < 1.29 is 9.53 Å². The number of carbonyl (C=O) groups is 1. The van der Waals surface area contributed by atoms with Gasteiger partial charge in [-0.15, -0.1) is 0 Å². The number of Topliss-reactive ketones (excluding diaryl/α,β-unsaturated/α-hetero) is 1. The van der Waals surface area contributed by atoms with Gasteiger partial charge in [-0.1, -0.05) is 18.2 Å². The molecule has 1 aliphatic carbocycles. The SMILES string of the molecule is COc1cccc(C(=O)C2CCC(Cc3c[nH]cn3)(c3ccc4c(c3)C=NC=CN4)CC2)c1. The fourth-order valence-electron chi connectivity index (χ4n) is 5.17. The van der Waals surface area contributed by atoms with Crippen molar-refractivity contribution in [2.75, 3.05) is 12.4 Å². The van der Waals surface area contributed by atoms with E-state index in [-0.39, 0.29) is 17.1 Å². The first-order chi connectivity index (χ1) is 16.2. The van der Waals surface area contributed by atoms with E-state index in [1.54, 1.807) is 19.6 Å².